The predicted octanol–water partition coefficient (Wildman–Crippen LogP) is 2.75. The number of para-hydroxylation sites is 1. The van der Waals surface area contributed by atoms with Crippen molar-refractivity contribution in [3.05, 3.63) is 30.1 Å². The lowest BCUT2D eigenvalue weighted by Gasteiger charge is -2.33. The van der Waals surface area contributed by atoms with Crippen molar-refractivity contribution in [2.75, 3.05) is 13.2 Å². The van der Waals surface area contributed by atoms with Gasteiger partial charge in [-0.05, 0) is 18.1 Å². The number of nitrogens with one attached hydrogen (secondary N) is 1. The largest absolute Gasteiger partial charge is 0.490 e. The molecule has 0 bridgehead atoms. The Morgan fingerprint density at radius 1 is 1.36 bits per heavy atom. The highest BCUT2D eigenvalue weighted by atomic mass is 19.1. The summed E-state index contributed by atoms with van der Waals surface area (Å²) in [6.45, 7) is 8.19. The number of carbonyl (C=O) groups is 1. The summed E-state index contributed by atoms with van der Waals surface area (Å²) in [5, 5.41) is 12.9. The summed E-state index contributed by atoms with van der Waals surface area (Å²) in [5.41, 5.74) is -0.407. The fourth-order valence-electron chi connectivity index (χ4n) is 2.24. The summed E-state index contributed by atoms with van der Waals surface area (Å²) in [6.07, 6.45) is -0.357. The lowest BCUT2D eigenvalue weighted by Crippen LogP contribution is -2.43. The maximum Gasteiger partial charge on any atom is 0.223 e. The molecule has 1 rings (SSSR count). The monoisotopic (exact) mass is 311 g/mol. The van der Waals surface area contributed by atoms with Gasteiger partial charge in [0.25, 0.3) is 0 Å². The molecule has 1 atom stereocenters. The molecule has 22 heavy (non-hydrogen) atoms. The van der Waals surface area contributed by atoms with Gasteiger partial charge in [-0.3, -0.25) is 4.79 Å². The Morgan fingerprint density at radius 2 is 2.00 bits per heavy atom. The van der Waals surface area contributed by atoms with Crippen molar-refractivity contribution in [1.82, 2.24) is 5.32 Å². The fourth-order valence-corrected chi connectivity index (χ4v) is 2.24. The third-order valence-corrected chi connectivity index (χ3v) is 3.60. The number of hydrogen-bond donors (Lipinski definition) is 2. The standard InChI is InChI=1S/C17H26FNO3/c1-12(2)16(21)17(3,4)11-19-15(20)9-10-22-14-8-6-5-7-13(14)18/h5-8,12,16,21H,9-11H2,1-4H3,(H,19,20). The van der Waals surface area contributed by atoms with Gasteiger partial charge in [-0.1, -0.05) is 39.8 Å². The molecule has 124 valence electrons. The number of rotatable bonds is 8. The van der Waals surface area contributed by atoms with Gasteiger partial charge in [0.1, 0.15) is 0 Å². The highest BCUT2D eigenvalue weighted by Gasteiger charge is 2.30. The molecule has 5 heteroatoms. The third-order valence-electron chi connectivity index (χ3n) is 3.60. The Hall–Kier alpha value is -1.62. The molecule has 4 nitrogen and oxygen atoms in total. The summed E-state index contributed by atoms with van der Waals surface area (Å²) in [7, 11) is 0. The van der Waals surface area contributed by atoms with E-state index in [1.807, 2.05) is 27.7 Å². The maximum atomic E-state index is 13.3. The molecule has 0 aliphatic carbocycles. The van der Waals surface area contributed by atoms with Crippen molar-refractivity contribution in [2.45, 2.75) is 40.2 Å². The van der Waals surface area contributed by atoms with Gasteiger partial charge in [-0.2, -0.15) is 0 Å². The van der Waals surface area contributed by atoms with Crippen LogP contribution in [-0.2, 0) is 4.79 Å². The van der Waals surface area contributed by atoms with E-state index in [2.05, 4.69) is 5.32 Å². The molecule has 1 amide bonds. The molecule has 0 aromatic heterocycles. The van der Waals surface area contributed by atoms with Crippen LogP contribution in [-0.4, -0.2) is 30.3 Å². The van der Waals surface area contributed by atoms with Crippen LogP contribution in [0.25, 0.3) is 0 Å². The van der Waals surface area contributed by atoms with E-state index in [9.17, 15) is 14.3 Å². The van der Waals surface area contributed by atoms with Gasteiger partial charge in [0.05, 0.1) is 19.1 Å². The molecule has 0 saturated carbocycles. The fraction of sp³-hybridized carbons (Fsp3) is 0.588. The summed E-state index contributed by atoms with van der Waals surface area (Å²) < 4.78 is 18.6. The van der Waals surface area contributed by atoms with Crippen LogP contribution in [0.5, 0.6) is 5.75 Å². The smallest absolute Gasteiger partial charge is 0.223 e. The summed E-state index contributed by atoms with van der Waals surface area (Å²) >= 11 is 0. The Kier molecular flexibility index (Phi) is 6.81. The van der Waals surface area contributed by atoms with Crippen LogP contribution in [0.1, 0.15) is 34.1 Å². The van der Waals surface area contributed by atoms with Crippen LogP contribution in [0, 0.1) is 17.2 Å². The van der Waals surface area contributed by atoms with Gasteiger partial charge in [-0.15, -0.1) is 0 Å². The number of amides is 1. The van der Waals surface area contributed by atoms with Crippen LogP contribution >= 0.6 is 0 Å². The Bertz CT molecular complexity index is 489. The first kappa shape index (κ1) is 18.4. The minimum atomic E-state index is -0.498. The molecule has 1 aromatic rings. The number of halogens is 1. The lowest BCUT2D eigenvalue weighted by atomic mass is 9.80. The quantitative estimate of drug-likeness (QED) is 0.776. The van der Waals surface area contributed by atoms with E-state index in [4.69, 9.17) is 4.74 Å². The van der Waals surface area contributed by atoms with E-state index < -0.39 is 17.3 Å². The van der Waals surface area contributed by atoms with E-state index in [-0.39, 0.29) is 30.6 Å². The molecule has 2 N–H and O–H groups in total. The normalized spacial score (nSPS) is 13.0. The van der Waals surface area contributed by atoms with Crippen molar-refractivity contribution in [3.8, 4) is 5.75 Å². The van der Waals surface area contributed by atoms with Crippen LogP contribution in [0.3, 0.4) is 0 Å². The number of aliphatic hydroxyl groups excluding tert-OH is 1. The molecule has 0 aliphatic heterocycles. The zero-order valence-electron chi connectivity index (χ0n) is 13.7. The number of carbonyl (C=O) groups excluding carboxylic acids is 1. The minimum Gasteiger partial charge on any atom is -0.490 e. The Labute approximate surface area is 131 Å². The summed E-state index contributed by atoms with van der Waals surface area (Å²) in [4.78, 5) is 11.8. The minimum absolute atomic E-state index is 0.111. The summed E-state index contributed by atoms with van der Waals surface area (Å²) in [6, 6.07) is 6.09. The number of aliphatic hydroxyl groups is 1. The van der Waals surface area contributed by atoms with Gasteiger partial charge in [-0.25, -0.2) is 4.39 Å². The molecular weight excluding hydrogens is 285 g/mol. The van der Waals surface area contributed by atoms with E-state index in [0.717, 1.165) is 0 Å². The average molecular weight is 311 g/mol. The second kappa shape index (κ2) is 8.13. The van der Waals surface area contributed by atoms with Crippen molar-refractivity contribution >= 4 is 5.91 Å². The Morgan fingerprint density at radius 3 is 2.59 bits per heavy atom. The molecule has 0 aliphatic rings. The first-order valence-corrected chi connectivity index (χ1v) is 7.56. The Balaban J connectivity index is 2.34. The average Bonchev–Trinajstić information content (AvgIpc) is 2.46. The van der Waals surface area contributed by atoms with E-state index in [1.165, 1.54) is 12.1 Å². The van der Waals surface area contributed by atoms with Gasteiger partial charge in [0.15, 0.2) is 11.6 Å². The van der Waals surface area contributed by atoms with Crippen molar-refractivity contribution in [1.29, 1.82) is 0 Å². The highest BCUT2D eigenvalue weighted by molar-refractivity contribution is 5.76. The molecule has 0 fully saturated rings. The number of benzene rings is 1. The van der Waals surface area contributed by atoms with Crippen molar-refractivity contribution in [2.24, 2.45) is 11.3 Å². The zero-order chi connectivity index (χ0) is 16.8. The van der Waals surface area contributed by atoms with E-state index in [1.54, 1.807) is 12.1 Å². The van der Waals surface area contributed by atoms with Gasteiger partial charge < -0.3 is 15.2 Å². The predicted molar refractivity (Wildman–Crippen MR) is 84.1 cm³/mol. The third kappa shape index (κ3) is 5.64. The molecular formula is C17H26FNO3. The first-order valence-electron chi connectivity index (χ1n) is 7.56. The maximum absolute atomic E-state index is 13.3. The molecule has 1 aromatic carbocycles. The van der Waals surface area contributed by atoms with Crippen molar-refractivity contribution < 1.29 is 19.0 Å². The first-order chi connectivity index (χ1) is 10.2. The van der Waals surface area contributed by atoms with Gasteiger partial charge in [0.2, 0.25) is 5.91 Å². The second-order valence-corrected chi connectivity index (χ2v) is 6.48. The summed E-state index contributed by atoms with van der Waals surface area (Å²) in [5.74, 6) is -0.355. The molecule has 0 saturated heterocycles. The van der Waals surface area contributed by atoms with E-state index in [0.29, 0.717) is 6.54 Å². The molecule has 0 heterocycles. The van der Waals surface area contributed by atoms with Crippen LogP contribution in [0.4, 0.5) is 4.39 Å². The van der Waals surface area contributed by atoms with Crippen molar-refractivity contribution in [3.63, 3.8) is 0 Å². The van der Waals surface area contributed by atoms with Gasteiger partial charge in [0, 0.05) is 12.0 Å². The second-order valence-electron chi connectivity index (χ2n) is 6.48. The topological polar surface area (TPSA) is 58.6 Å². The zero-order valence-corrected chi connectivity index (χ0v) is 13.7. The molecule has 1 unspecified atom stereocenters. The van der Waals surface area contributed by atoms with Crippen LogP contribution in [0.15, 0.2) is 24.3 Å². The molecule has 0 radical (unpaired) electrons. The number of ether oxygens (including phenoxy) is 1. The van der Waals surface area contributed by atoms with Crippen LogP contribution in [0.2, 0.25) is 0 Å². The van der Waals surface area contributed by atoms with E-state index >= 15 is 0 Å². The molecule has 0 spiro atoms. The van der Waals surface area contributed by atoms with Crippen LogP contribution < -0.4 is 10.1 Å². The lowest BCUT2D eigenvalue weighted by molar-refractivity contribution is -0.122. The highest BCUT2D eigenvalue weighted by Crippen LogP contribution is 2.25. The number of hydrogen-bond acceptors (Lipinski definition) is 3. The SMILES string of the molecule is CC(C)C(O)C(C)(C)CNC(=O)CCOc1ccccc1F. The van der Waals surface area contributed by atoms with Gasteiger partial charge >= 0.3 is 0 Å².